The largest absolute Gasteiger partial charge is 0.336 e. The Morgan fingerprint density at radius 1 is 1.33 bits per heavy atom. The quantitative estimate of drug-likeness (QED) is 0.716. The summed E-state index contributed by atoms with van der Waals surface area (Å²) in [4.78, 5) is 23.7. The van der Waals surface area contributed by atoms with E-state index in [4.69, 9.17) is 5.73 Å². The first-order valence-electron chi connectivity index (χ1n) is 9.89. The van der Waals surface area contributed by atoms with Gasteiger partial charge in [-0.1, -0.05) is 30.3 Å². The van der Waals surface area contributed by atoms with E-state index >= 15 is 0 Å². The lowest BCUT2D eigenvalue weighted by Crippen LogP contribution is -2.39. The molecule has 152 valence electrons. The Bertz CT molecular complexity index is 1130. The molecule has 2 aromatic heterocycles. The highest BCUT2D eigenvalue weighted by atomic mass is 16.2. The minimum atomic E-state index is -0.352. The van der Waals surface area contributed by atoms with Crippen molar-refractivity contribution >= 4 is 5.91 Å². The van der Waals surface area contributed by atoms with Crippen molar-refractivity contribution in [1.82, 2.24) is 24.6 Å². The van der Waals surface area contributed by atoms with E-state index in [1.54, 1.807) is 15.8 Å². The van der Waals surface area contributed by atoms with E-state index in [9.17, 15) is 10.1 Å². The Morgan fingerprint density at radius 3 is 2.80 bits per heavy atom. The number of aryl methyl sites for hydroxylation is 1. The first-order valence-corrected chi connectivity index (χ1v) is 9.89. The number of benzene rings is 1. The number of carbonyl (C=O) groups is 1. The van der Waals surface area contributed by atoms with Crippen LogP contribution in [0.15, 0.2) is 36.5 Å². The first kappa shape index (κ1) is 19.7. The van der Waals surface area contributed by atoms with E-state index in [1.165, 1.54) is 0 Å². The Morgan fingerprint density at radius 2 is 2.10 bits per heavy atom. The third kappa shape index (κ3) is 3.67. The van der Waals surface area contributed by atoms with Crippen molar-refractivity contribution < 1.29 is 4.79 Å². The summed E-state index contributed by atoms with van der Waals surface area (Å²) in [6, 6.07) is 11.5. The molecular weight excluding hydrogens is 378 g/mol. The van der Waals surface area contributed by atoms with Gasteiger partial charge in [-0.2, -0.15) is 10.4 Å². The fraction of sp³-hybridized carbons (Fsp3) is 0.318. The minimum Gasteiger partial charge on any atom is -0.336 e. The number of rotatable bonds is 4. The van der Waals surface area contributed by atoms with Gasteiger partial charge in [0.25, 0.3) is 0 Å². The van der Waals surface area contributed by atoms with E-state index in [-0.39, 0.29) is 18.5 Å². The number of nitrogens with two attached hydrogens (primary N) is 1. The molecule has 8 heteroatoms. The summed E-state index contributed by atoms with van der Waals surface area (Å²) in [7, 11) is 0. The lowest BCUT2D eigenvalue weighted by atomic mass is 9.95. The second-order valence-corrected chi connectivity index (χ2v) is 7.51. The maximum Gasteiger partial charge on any atom is 0.244 e. The number of nitriles is 1. The third-order valence-electron chi connectivity index (χ3n) is 5.35. The Kier molecular flexibility index (Phi) is 5.29. The van der Waals surface area contributed by atoms with E-state index in [2.05, 4.69) is 21.1 Å². The zero-order valence-electron chi connectivity index (χ0n) is 17.0. The molecule has 1 aliphatic heterocycles. The fourth-order valence-electron chi connectivity index (χ4n) is 3.76. The molecule has 1 amide bonds. The van der Waals surface area contributed by atoms with Crippen LogP contribution in [0.4, 0.5) is 0 Å². The molecule has 30 heavy (non-hydrogen) atoms. The zero-order chi connectivity index (χ0) is 21.3. The van der Waals surface area contributed by atoms with Crippen LogP contribution in [-0.2, 0) is 24.3 Å². The minimum absolute atomic E-state index is 0.0638. The van der Waals surface area contributed by atoms with Crippen molar-refractivity contribution in [3.8, 4) is 17.5 Å². The Balaban J connectivity index is 1.56. The van der Waals surface area contributed by atoms with E-state index in [0.29, 0.717) is 36.7 Å². The van der Waals surface area contributed by atoms with Crippen molar-refractivity contribution in [2.75, 3.05) is 6.54 Å². The van der Waals surface area contributed by atoms with Crippen LogP contribution in [0.5, 0.6) is 0 Å². The van der Waals surface area contributed by atoms with Gasteiger partial charge in [-0.25, -0.2) is 9.67 Å². The molecule has 4 rings (SSSR count). The number of fused-ring (bicyclic) bond motifs is 1. The van der Waals surface area contributed by atoms with Gasteiger partial charge < -0.3 is 10.6 Å². The lowest BCUT2D eigenvalue weighted by molar-refractivity contribution is -0.133. The van der Waals surface area contributed by atoms with Crippen LogP contribution in [0.2, 0.25) is 0 Å². The summed E-state index contributed by atoms with van der Waals surface area (Å²) in [5, 5.41) is 14.0. The maximum atomic E-state index is 13.0. The third-order valence-corrected chi connectivity index (χ3v) is 5.35. The Labute approximate surface area is 175 Å². The number of hydrogen-bond donors (Lipinski definition) is 1. The smallest absolute Gasteiger partial charge is 0.244 e. The number of carbonyl (C=O) groups excluding carboxylic acids is 1. The monoisotopic (exact) mass is 401 g/mol. The van der Waals surface area contributed by atoms with Crippen LogP contribution < -0.4 is 5.73 Å². The average Bonchev–Trinajstić information content (AvgIpc) is 3.18. The van der Waals surface area contributed by atoms with Crippen molar-refractivity contribution in [3.63, 3.8) is 0 Å². The molecule has 0 saturated heterocycles. The molecule has 0 spiro atoms. The predicted molar refractivity (Wildman–Crippen MR) is 111 cm³/mol. The molecule has 0 fully saturated rings. The molecule has 0 bridgehead atoms. The van der Waals surface area contributed by atoms with Crippen LogP contribution in [0.3, 0.4) is 0 Å². The molecule has 0 radical (unpaired) electrons. The fourth-order valence-corrected chi connectivity index (χ4v) is 3.76. The molecule has 8 nitrogen and oxygen atoms in total. The second kappa shape index (κ2) is 8.05. The van der Waals surface area contributed by atoms with E-state index < -0.39 is 0 Å². The van der Waals surface area contributed by atoms with E-state index in [0.717, 1.165) is 22.4 Å². The summed E-state index contributed by atoms with van der Waals surface area (Å²) >= 11 is 0. The molecule has 3 aromatic rings. The van der Waals surface area contributed by atoms with Crippen molar-refractivity contribution in [2.45, 2.75) is 39.4 Å². The number of nitrogens with zero attached hydrogens (tertiary/aromatic N) is 6. The van der Waals surface area contributed by atoms with Crippen molar-refractivity contribution in [3.05, 3.63) is 64.7 Å². The summed E-state index contributed by atoms with van der Waals surface area (Å²) in [6.07, 6.45) is 2.40. The van der Waals surface area contributed by atoms with Crippen LogP contribution in [0.25, 0.3) is 11.4 Å². The van der Waals surface area contributed by atoms with Gasteiger partial charge in [0.15, 0.2) is 5.82 Å². The van der Waals surface area contributed by atoms with Gasteiger partial charge in [0, 0.05) is 24.8 Å². The second-order valence-electron chi connectivity index (χ2n) is 7.51. The highest BCUT2D eigenvalue weighted by molar-refractivity contribution is 5.76. The number of amides is 1. The topological polar surface area (TPSA) is 114 Å². The predicted octanol–water partition coefficient (Wildman–Crippen LogP) is 2.12. The van der Waals surface area contributed by atoms with E-state index in [1.807, 2.05) is 44.2 Å². The van der Waals surface area contributed by atoms with Crippen LogP contribution in [-0.4, -0.2) is 37.1 Å². The van der Waals surface area contributed by atoms with Gasteiger partial charge in [0.2, 0.25) is 5.91 Å². The molecule has 1 atom stereocenters. The molecule has 0 aliphatic carbocycles. The number of aromatic nitrogens is 4. The molecule has 2 N–H and O–H groups in total. The van der Waals surface area contributed by atoms with Crippen molar-refractivity contribution in [1.29, 1.82) is 5.26 Å². The van der Waals surface area contributed by atoms with Gasteiger partial charge in [-0.3, -0.25) is 9.78 Å². The van der Waals surface area contributed by atoms with Gasteiger partial charge >= 0.3 is 0 Å². The Hall–Kier alpha value is -3.57. The molecule has 0 unspecified atom stereocenters. The molecule has 1 aliphatic rings. The normalized spacial score (nSPS) is 14.1. The van der Waals surface area contributed by atoms with Crippen LogP contribution >= 0.6 is 0 Å². The van der Waals surface area contributed by atoms with Crippen LogP contribution in [0.1, 0.15) is 41.2 Å². The lowest BCUT2D eigenvalue weighted by Gasteiger charge is -2.29. The van der Waals surface area contributed by atoms with Crippen molar-refractivity contribution in [2.24, 2.45) is 5.73 Å². The molecule has 1 aromatic carbocycles. The highest BCUT2D eigenvalue weighted by Crippen LogP contribution is 2.24. The SMILES string of the molecule is Cc1ncc2c(c1C#N)CCN(C(=O)Cn1nc(-c3ccccc3)nc1[C@H](C)N)C2. The molecule has 0 saturated carbocycles. The number of hydrogen-bond acceptors (Lipinski definition) is 6. The summed E-state index contributed by atoms with van der Waals surface area (Å²) in [6.45, 7) is 4.72. The molecular formula is C22H23N7O. The standard InChI is InChI=1S/C22H23N7O/c1-14(24)22-26-21(16-6-4-3-5-7-16)27-29(22)13-20(30)28-9-8-18-17(12-28)11-25-15(2)19(18)10-23/h3-7,11,14H,8-9,12-13,24H2,1-2H3/t14-/m0/s1. The summed E-state index contributed by atoms with van der Waals surface area (Å²) < 4.78 is 1.60. The van der Waals surface area contributed by atoms with Gasteiger partial charge in [0.1, 0.15) is 18.4 Å². The van der Waals surface area contributed by atoms with Gasteiger partial charge in [-0.05, 0) is 31.4 Å². The summed E-state index contributed by atoms with van der Waals surface area (Å²) in [5.74, 6) is 1.06. The highest BCUT2D eigenvalue weighted by Gasteiger charge is 2.25. The van der Waals surface area contributed by atoms with Gasteiger partial charge in [0.05, 0.1) is 17.3 Å². The zero-order valence-corrected chi connectivity index (χ0v) is 17.0. The van der Waals surface area contributed by atoms with Crippen LogP contribution in [0, 0.1) is 18.3 Å². The average molecular weight is 401 g/mol. The first-order chi connectivity index (χ1) is 14.5. The number of pyridine rings is 1. The molecule has 3 heterocycles. The summed E-state index contributed by atoms with van der Waals surface area (Å²) in [5.41, 5.74) is 10.2. The van der Waals surface area contributed by atoms with Gasteiger partial charge in [-0.15, -0.1) is 0 Å². The maximum absolute atomic E-state index is 13.0.